The van der Waals surface area contributed by atoms with Crippen LogP contribution in [-0.2, 0) is 4.79 Å². The van der Waals surface area contributed by atoms with Gasteiger partial charge in [0.25, 0.3) is 0 Å². The fourth-order valence-corrected chi connectivity index (χ4v) is 0.802. The van der Waals surface area contributed by atoms with Gasteiger partial charge in [-0.1, -0.05) is 6.08 Å². The molecule has 2 N–H and O–H groups in total. The summed E-state index contributed by atoms with van der Waals surface area (Å²) in [7, 11) is 0. The Labute approximate surface area is 66.4 Å². The molecule has 0 spiro atoms. The fraction of sp³-hybridized carbons (Fsp3) is 0.625. The highest BCUT2D eigenvalue weighted by atomic mass is 16.4. The lowest BCUT2D eigenvalue weighted by atomic mass is 10.1. The highest BCUT2D eigenvalue weighted by molar-refractivity contribution is 5.86. The van der Waals surface area contributed by atoms with Crippen molar-refractivity contribution in [3.8, 4) is 0 Å². The minimum Gasteiger partial charge on any atom is -0.478 e. The molecular formula is C8H14O3. The van der Waals surface area contributed by atoms with Crippen molar-refractivity contribution in [2.75, 3.05) is 6.61 Å². The summed E-state index contributed by atoms with van der Waals surface area (Å²) in [5.74, 6) is -0.856. The molecule has 0 saturated heterocycles. The van der Waals surface area contributed by atoms with Crippen molar-refractivity contribution in [3.05, 3.63) is 11.6 Å². The highest BCUT2D eigenvalue weighted by Crippen LogP contribution is 2.06. The second kappa shape index (κ2) is 5.92. The second-order valence-electron chi connectivity index (χ2n) is 2.30. The number of allylic oxidation sites excluding steroid dienone is 1. The third-order valence-electron chi connectivity index (χ3n) is 1.48. The average molecular weight is 158 g/mol. The zero-order valence-corrected chi connectivity index (χ0v) is 6.71. The maximum atomic E-state index is 10.4. The van der Waals surface area contributed by atoms with Crippen LogP contribution in [0.2, 0.25) is 0 Å². The fourth-order valence-electron chi connectivity index (χ4n) is 0.802. The standard InChI is InChI=1S/C8H14O3/c1-2-7(8(10)11)5-3-4-6-9/h2,9H,3-6H2,1H3,(H,10,11)/b7-2+. The van der Waals surface area contributed by atoms with Gasteiger partial charge in [-0.05, 0) is 26.2 Å². The zero-order valence-electron chi connectivity index (χ0n) is 6.71. The van der Waals surface area contributed by atoms with Crippen molar-refractivity contribution in [1.82, 2.24) is 0 Å². The number of aliphatic hydroxyl groups is 1. The van der Waals surface area contributed by atoms with Gasteiger partial charge in [0, 0.05) is 12.2 Å². The van der Waals surface area contributed by atoms with Crippen molar-refractivity contribution in [2.45, 2.75) is 26.2 Å². The molecule has 0 amide bonds. The molecule has 3 heteroatoms. The summed E-state index contributed by atoms with van der Waals surface area (Å²) in [6.45, 7) is 1.85. The number of rotatable bonds is 5. The Morgan fingerprint density at radius 2 is 2.09 bits per heavy atom. The van der Waals surface area contributed by atoms with E-state index in [0.717, 1.165) is 6.42 Å². The Morgan fingerprint density at radius 1 is 1.45 bits per heavy atom. The number of unbranched alkanes of at least 4 members (excludes halogenated alkanes) is 1. The van der Waals surface area contributed by atoms with Gasteiger partial charge in [-0.3, -0.25) is 0 Å². The first-order valence-electron chi connectivity index (χ1n) is 3.71. The zero-order chi connectivity index (χ0) is 8.69. The van der Waals surface area contributed by atoms with Crippen LogP contribution in [-0.4, -0.2) is 22.8 Å². The van der Waals surface area contributed by atoms with E-state index in [1.807, 2.05) is 0 Å². The van der Waals surface area contributed by atoms with Gasteiger partial charge in [-0.25, -0.2) is 4.79 Å². The maximum Gasteiger partial charge on any atom is 0.331 e. The molecule has 0 aliphatic carbocycles. The molecule has 0 aliphatic heterocycles. The summed E-state index contributed by atoms with van der Waals surface area (Å²) in [6.07, 6.45) is 3.55. The number of hydrogen-bond acceptors (Lipinski definition) is 2. The molecule has 0 aromatic rings. The van der Waals surface area contributed by atoms with E-state index >= 15 is 0 Å². The van der Waals surface area contributed by atoms with Crippen LogP contribution in [0.25, 0.3) is 0 Å². The molecule has 0 aromatic carbocycles. The molecule has 3 nitrogen and oxygen atoms in total. The highest BCUT2D eigenvalue weighted by Gasteiger charge is 2.03. The minimum atomic E-state index is -0.856. The number of hydrogen-bond donors (Lipinski definition) is 2. The van der Waals surface area contributed by atoms with E-state index in [-0.39, 0.29) is 6.61 Å². The van der Waals surface area contributed by atoms with Crippen LogP contribution in [0.5, 0.6) is 0 Å². The van der Waals surface area contributed by atoms with E-state index in [4.69, 9.17) is 10.2 Å². The number of carboxylic acids is 1. The van der Waals surface area contributed by atoms with Crippen molar-refractivity contribution in [2.24, 2.45) is 0 Å². The Hall–Kier alpha value is -0.830. The van der Waals surface area contributed by atoms with Crippen LogP contribution in [0.1, 0.15) is 26.2 Å². The van der Waals surface area contributed by atoms with Crippen LogP contribution in [0.15, 0.2) is 11.6 Å². The minimum absolute atomic E-state index is 0.136. The van der Waals surface area contributed by atoms with Crippen LogP contribution in [0.4, 0.5) is 0 Å². The summed E-state index contributed by atoms with van der Waals surface area (Å²) in [5, 5.41) is 17.0. The quantitative estimate of drug-likeness (QED) is 0.466. The van der Waals surface area contributed by atoms with Crippen molar-refractivity contribution in [1.29, 1.82) is 0 Å². The summed E-state index contributed by atoms with van der Waals surface area (Å²) in [4.78, 5) is 10.4. The number of aliphatic hydroxyl groups excluding tert-OH is 1. The predicted octanol–water partition coefficient (Wildman–Crippen LogP) is 1.18. The monoisotopic (exact) mass is 158 g/mol. The third-order valence-corrected chi connectivity index (χ3v) is 1.48. The normalized spacial score (nSPS) is 11.6. The lowest BCUT2D eigenvalue weighted by Crippen LogP contribution is -2.00. The molecule has 0 heterocycles. The number of aliphatic carboxylic acids is 1. The van der Waals surface area contributed by atoms with Gasteiger partial charge >= 0.3 is 5.97 Å². The molecule has 64 valence electrons. The molecule has 0 fully saturated rings. The van der Waals surface area contributed by atoms with Crippen molar-refractivity contribution >= 4 is 5.97 Å². The van der Waals surface area contributed by atoms with Crippen molar-refractivity contribution < 1.29 is 15.0 Å². The average Bonchev–Trinajstić information content (AvgIpc) is 1.97. The summed E-state index contributed by atoms with van der Waals surface area (Å²) in [6, 6.07) is 0. The summed E-state index contributed by atoms with van der Waals surface area (Å²) < 4.78 is 0. The molecule has 0 rings (SSSR count). The molecule has 0 saturated carbocycles. The van der Waals surface area contributed by atoms with Gasteiger partial charge in [-0.2, -0.15) is 0 Å². The molecule has 0 bridgehead atoms. The molecule has 0 radical (unpaired) electrons. The van der Waals surface area contributed by atoms with Crippen LogP contribution in [0, 0.1) is 0 Å². The van der Waals surface area contributed by atoms with Crippen LogP contribution in [0.3, 0.4) is 0 Å². The van der Waals surface area contributed by atoms with Gasteiger partial charge in [0.1, 0.15) is 0 Å². The Kier molecular flexibility index (Phi) is 5.47. The van der Waals surface area contributed by atoms with E-state index in [1.54, 1.807) is 13.0 Å². The van der Waals surface area contributed by atoms with E-state index in [2.05, 4.69) is 0 Å². The van der Waals surface area contributed by atoms with E-state index < -0.39 is 5.97 Å². The van der Waals surface area contributed by atoms with Crippen LogP contribution >= 0.6 is 0 Å². The number of carboxylic acid groups (broad SMARTS) is 1. The van der Waals surface area contributed by atoms with E-state index in [0.29, 0.717) is 18.4 Å². The Morgan fingerprint density at radius 3 is 2.45 bits per heavy atom. The first-order chi connectivity index (χ1) is 5.22. The summed E-state index contributed by atoms with van der Waals surface area (Å²) in [5.41, 5.74) is 0.429. The van der Waals surface area contributed by atoms with Gasteiger partial charge < -0.3 is 10.2 Å². The third kappa shape index (κ3) is 4.56. The second-order valence-corrected chi connectivity index (χ2v) is 2.30. The molecule has 0 aromatic heterocycles. The Bertz CT molecular complexity index is 149. The van der Waals surface area contributed by atoms with Gasteiger partial charge in [0.15, 0.2) is 0 Å². The topological polar surface area (TPSA) is 57.5 Å². The number of carbonyl (C=O) groups is 1. The van der Waals surface area contributed by atoms with E-state index in [1.165, 1.54) is 0 Å². The smallest absolute Gasteiger partial charge is 0.331 e. The molecule has 0 unspecified atom stereocenters. The van der Waals surface area contributed by atoms with Gasteiger partial charge in [-0.15, -0.1) is 0 Å². The van der Waals surface area contributed by atoms with E-state index in [9.17, 15) is 4.79 Å². The van der Waals surface area contributed by atoms with Crippen LogP contribution < -0.4 is 0 Å². The molecular weight excluding hydrogens is 144 g/mol. The SMILES string of the molecule is C/C=C(\CCCCO)C(=O)O. The summed E-state index contributed by atoms with van der Waals surface area (Å²) >= 11 is 0. The molecule has 0 atom stereocenters. The van der Waals surface area contributed by atoms with Gasteiger partial charge in [0.05, 0.1) is 0 Å². The predicted molar refractivity (Wildman–Crippen MR) is 42.3 cm³/mol. The molecule has 11 heavy (non-hydrogen) atoms. The lowest BCUT2D eigenvalue weighted by Gasteiger charge is -1.98. The maximum absolute atomic E-state index is 10.4. The van der Waals surface area contributed by atoms with Gasteiger partial charge in [0.2, 0.25) is 0 Å². The first kappa shape index (κ1) is 10.2. The largest absolute Gasteiger partial charge is 0.478 e. The first-order valence-corrected chi connectivity index (χ1v) is 3.71. The molecule has 0 aliphatic rings. The lowest BCUT2D eigenvalue weighted by molar-refractivity contribution is -0.132. The Balaban J connectivity index is 3.63. The van der Waals surface area contributed by atoms with Crippen molar-refractivity contribution in [3.63, 3.8) is 0 Å².